The molecule has 3 rings (SSSR count). The summed E-state index contributed by atoms with van der Waals surface area (Å²) in [5.74, 6) is -0.814. The molecule has 0 radical (unpaired) electrons. The van der Waals surface area contributed by atoms with Crippen LogP contribution in [0.1, 0.15) is 42.8 Å². The van der Waals surface area contributed by atoms with Gasteiger partial charge in [-0.3, -0.25) is 4.79 Å². The minimum absolute atomic E-state index is 0.152. The molecular weight excluding hydrogens is 417 g/mol. The van der Waals surface area contributed by atoms with Crippen LogP contribution in [-0.2, 0) is 9.53 Å². The van der Waals surface area contributed by atoms with E-state index in [0.717, 1.165) is 30.6 Å². The molecule has 1 aromatic heterocycles. The molecular formula is C18H18Cl3NO3S. The van der Waals surface area contributed by atoms with Crippen molar-refractivity contribution in [3.63, 3.8) is 0 Å². The number of thiophene rings is 1. The lowest BCUT2D eigenvalue weighted by Crippen LogP contribution is -2.49. The third-order valence-electron chi connectivity index (χ3n) is 4.64. The third kappa shape index (κ3) is 3.81. The number of fused-ring (bicyclic) bond motifs is 1. The number of nitrogens with zero attached hydrogens (tertiary/aromatic N) is 1. The van der Waals surface area contributed by atoms with Crippen LogP contribution < -0.4 is 0 Å². The van der Waals surface area contributed by atoms with Crippen LogP contribution in [0, 0.1) is 0 Å². The van der Waals surface area contributed by atoms with E-state index in [1.54, 1.807) is 17.0 Å². The summed E-state index contributed by atoms with van der Waals surface area (Å²) in [5.41, 5.74) is 0. The summed E-state index contributed by atoms with van der Waals surface area (Å²) < 4.78 is 5.94. The van der Waals surface area contributed by atoms with Gasteiger partial charge < -0.3 is 9.64 Å². The molecule has 0 aliphatic carbocycles. The second kappa shape index (κ2) is 7.93. The van der Waals surface area contributed by atoms with Gasteiger partial charge in [0.1, 0.15) is 4.88 Å². The van der Waals surface area contributed by atoms with Crippen molar-refractivity contribution in [2.24, 2.45) is 0 Å². The van der Waals surface area contributed by atoms with Gasteiger partial charge >= 0.3 is 5.97 Å². The number of amides is 1. The SMILES string of the molecule is CC1CCCC(C)N1C(=O)COC(=O)c1sc2cc(Cl)cc(Cl)c2c1Cl. The molecule has 0 spiro atoms. The number of halogens is 3. The van der Waals surface area contributed by atoms with Crippen molar-refractivity contribution >= 4 is 68.1 Å². The fourth-order valence-electron chi connectivity index (χ4n) is 3.42. The van der Waals surface area contributed by atoms with Crippen molar-refractivity contribution in [1.82, 2.24) is 4.90 Å². The number of carbonyl (C=O) groups is 2. The van der Waals surface area contributed by atoms with Crippen molar-refractivity contribution in [1.29, 1.82) is 0 Å². The van der Waals surface area contributed by atoms with E-state index in [1.165, 1.54) is 0 Å². The molecule has 4 nitrogen and oxygen atoms in total. The lowest BCUT2D eigenvalue weighted by Gasteiger charge is -2.38. The zero-order valence-corrected chi connectivity index (χ0v) is 17.4. The molecule has 2 aromatic rings. The van der Waals surface area contributed by atoms with Gasteiger partial charge in [-0.05, 0) is 45.2 Å². The maximum atomic E-state index is 12.5. The van der Waals surface area contributed by atoms with Crippen molar-refractivity contribution in [2.75, 3.05) is 6.61 Å². The first-order valence-electron chi connectivity index (χ1n) is 8.35. The van der Waals surface area contributed by atoms with Crippen molar-refractivity contribution in [2.45, 2.75) is 45.2 Å². The summed E-state index contributed by atoms with van der Waals surface area (Å²) in [6, 6.07) is 3.57. The lowest BCUT2D eigenvalue weighted by atomic mass is 9.97. The van der Waals surface area contributed by atoms with Crippen LogP contribution in [0.3, 0.4) is 0 Å². The average Bonchev–Trinajstić information content (AvgIpc) is 2.89. The zero-order chi connectivity index (χ0) is 19.0. The number of likely N-dealkylation sites (tertiary alicyclic amines) is 1. The molecule has 1 aliphatic rings. The van der Waals surface area contributed by atoms with Gasteiger partial charge in [0.25, 0.3) is 5.91 Å². The summed E-state index contributed by atoms with van der Waals surface area (Å²) >= 11 is 19.6. The first-order chi connectivity index (χ1) is 12.3. The van der Waals surface area contributed by atoms with E-state index in [2.05, 4.69) is 0 Å². The van der Waals surface area contributed by atoms with Crippen LogP contribution in [0.15, 0.2) is 12.1 Å². The number of esters is 1. The fraction of sp³-hybridized carbons (Fsp3) is 0.444. The molecule has 1 aromatic carbocycles. The highest BCUT2D eigenvalue weighted by atomic mass is 35.5. The van der Waals surface area contributed by atoms with Crippen molar-refractivity contribution < 1.29 is 14.3 Å². The molecule has 2 unspecified atom stereocenters. The highest BCUT2D eigenvalue weighted by Gasteiger charge is 2.30. The van der Waals surface area contributed by atoms with Gasteiger partial charge in [-0.2, -0.15) is 0 Å². The van der Waals surface area contributed by atoms with E-state index < -0.39 is 5.97 Å². The summed E-state index contributed by atoms with van der Waals surface area (Å²) in [5, 5.41) is 1.63. The quantitative estimate of drug-likeness (QED) is 0.573. The van der Waals surface area contributed by atoms with E-state index in [4.69, 9.17) is 39.5 Å². The molecule has 0 N–H and O–H groups in total. The topological polar surface area (TPSA) is 46.6 Å². The number of carbonyl (C=O) groups excluding carboxylic acids is 2. The molecule has 140 valence electrons. The number of hydrogen-bond acceptors (Lipinski definition) is 4. The molecule has 2 atom stereocenters. The lowest BCUT2D eigenvalue weighted by molar-refractivity contribution is -0.140. The summed E-state index contributed by atoms with van der Waals surface area (Å²) in [7, 11) is 0. The predicted octanol–water partition coefficient (Wildman–Crippen LogP) is 5.81. The highest BCUT2D eigenvalue weighted by molar-refractivity contribution is 7.21. The molecule has 1 fully saturated rings. The number of ether oxygens (including phenoxy) is 1. The normalized spacial score (nSPS) is 20.4. The smallest absolute Gasteiger partial charge is 0.350 e. The number of piperidine rings is 1. The first kappa shape index (κ1) is 19.7. The van der Waals surface area contributed by atoms with Crippen LogP contribution in [0.5, 0.6) is 0 Å². The molecule has 8 heteroatoms. The average molecular weight is 435 g/mol. The fourth-order valence-corrected chi connectivity index (χ4v) is 5.69. The van der Waals surface area contributed by atoms with Crippen molar-refractivity contribution in [3.8, 4) is 0 Å². The van der Waals surface area contributed by atoms with Gasteiger partial charge in [-0.25, -0.2) is 4.79 Å². The Kier molecular flexibility index (Phi) is 6.02. The second-order valence-electron chi connectivity index (χ2n) is 6.51. The Hall–Kier alpha value is -1.01. The second-order valence-corrected chi connectivity index (χ2v) is 8.79. The third-order valence-corrected chi connectivity index (χ3v) is 6.77. The molecule has 0 saturated carbocycles. The van der Waals surface area contributed by atoms with Crippen LogP contribution >= 0.6 is 46.1 Å². The highest BCUT2D eigenvalue weighted by Crippen LogP contribution is 2.41. The Balaban J connectivity index is 1.74. The van der Waals surface area contributed by atoms with Gasteiger partial charge in [-0.15, -0.1) is 11.3 Å². The van der Waals surface area contributed by atoms with E-state index >= 15 is 0 Å². The monoisotopic (exact) mass is 433 g/mol. The van der Waals surface area contributed by atoms with Gasteiger partial charge in [0.05, 0.1) is 10.0 Å². The number of rotatable bonds is 3. The molecule has 2 heterocycles. The summed E-state index contributed by atoms with van der Waals surface area (Å²) in [6.45, 7) is 3.74. The summed E-state index contributed by atoms with van der Waals surface area (Å²) in [6.07, 6.45) is 3.03. The molecule has 0 bridgehead atoms. The van der Waals surface area contributed by atoms with Crippen molar-refractivity contribution in [3.05, 3.63) is 32.1 Å². The summed E-state index contributed by atoms with van der Waals surface area (Å²) in [4.78, 5) is 27.0. The minimum Gasteiger partial charge on any atom is -0.451 e. The van der Waals surface area contributed by atoms with E-state index in [1.807, 2.05) is 13.8 Å². The standard InChI is InChI=1S/C18H18Cl3NO3S/c1-9-4-3-5-10(2)22(9)14(23)8-25-18(24)17-16(21)15-12(20)6-11(19)7-13(15)26-17/h6-7,9-10H,3-5,8H2,1-2H3. The van der Waals surface area contributed by atoms with Crippen LogP contribution in [0.4, 0.5) is 0 Å². The predicted molar refractivity (Wildman–Crippen MR) is 107 cm³/mol. The number of hydrogen-bond donors (Lipinski definition) is 0. The first-order valence-corrected chi connectivity index (χ1v) is 10.3. The minimum atomic E-state index is -0.631. The van der Waals surface area contributed by atoms with Crippen LogP contribution in [-0.4, -0.2) is 35.5 Å². The van der Waals surface area contributed by atoms with Gasteiger partial charge in [0.2, 0.25) is 0 Å². The van der Waals surface area contributed by atoms with Crippen LogP contribution in [0.2, 0.25) is 15.1 Å². The van der Waals surface area contributed by atoms with Gasteiger partial charge in [0, 0.05) is 27.2 Å². The number of benzene rings is 1. The molecule has 1 saturated heterocycles. The zero-order valence-electron chi connectivity index (χ0n) is 14.4. The molecule has 26 heavy (non-hydrogen) atoms. The largest absolute Gasteiger partial charge is 0.451 e. The van der Waals surface area contributed by atoms with Crippen LogP contribution in [0.25, 0.3) is 10.1 Å². The van der Waals surface area contributed by atoms with E-state index in [9.17, 15) is 9.59 Å². The Morgan fingerprint density at radius 3 is 2.50 bits per heavy atom. The van der Waals surface area contributed by atoms with E-state index in [-0.39, 0.29) is 34.5 Å². The maximum Gasteiger partial charge on any atom is 0.350 e. The Morgan fingerprint density at radius 1 is 1.19 bits per heavy atom. The molecule has 1 aliphatic heterocycles. The molecule has 1 amide bonds. The van der Waals surface area contributed by atoms with Gasteiger partial charge in [0.15, 0.2) is 6.61 Å². The van der Waals surface area contributed by atoms with E-state index in [0.29, 0.717) is 20.1 Å². The van der Waals surface area contributed by atoms with Gasteiger partial charge in [-0.1, -0.05) is 34.8 Å². The Bertz CT molecular complexity index is 857. The Morgan fingerprint density at radius 2 is 1.85 bits per heavy atom. The maximum absolute atomic E-state index is 12.5. The Labute approximate surface area is 171 Å².